The Hall–Kier alpha value is -2.13. The maximum Gasteiger partial charge on any atom is 0.231 e. The average Bonchev–Trinajstić information content (AvgIpc) is 2.64. The van der Waals surface area contributed by atoms with E-state index >= 15 is 0 Å². The van der Waals surface area contributed by atoms with Crippen molar-refractivity contribution in [1.29, 1.82) is 0 Å². The number of amides is 1. The molecule has 1 aliphatic heterocycles. The topological polar surface area (TPSA) is 38.3 Å². The number of hydrogen-bond donors (Lipinski definition) is 1. The first kappa shape index (κ1) is 17.7. The van der Waals surface area contributed by atoms with Crippen LogP contribution in [-0.4, -0.2) is 19.1 Å². The highest BCUT2D eigenvalue weighted by molar-refractivity contribution is 5.88. The monoisotopic (exact) mass is 337 g/mol. The molecule has 2 aromatic carbocycles. The van der Waals surface area contributed by atoms with Gasteiger partial charge in [-0.1, -0.05) is 54.1 Å². The van der Waals surface area contributed by atoms with Gasteiger partial charge in [0.15, 0.2) is 0 Å². The van der Waals surface area contributed by atoms with Crippen molar-refractivity contribution in [2.45, 2.75) is 45.1 Å². The minimum absolute atomic E-state index is 0.0177. The third kappa shape index (κ3) is 3.62. The van der Waals surface area contributed by atoms with Gasteiger partial charge in [-0.15, -0.1) is 0 Å². The van der Waals surface area contributed by atoms with E-state index in [1.54, 1.807) is 0 Å². The summed E-state index contributed by atoms with van der Waals surface area (Å²) in [6, 6.07) is 16.5. The van der Waals surface area contributed by atoms with Crippen molar-refractivity contribution in [2.24, 2.45) is 0 Å². The minimum atomic E-state index is -0.495. The van der Waals surface area contributed by atoms with Crippen molar-refractivity contribution >= 4 is 5.91 Å². The van der Waals surface area contributed by atoms with E-state index in [0.717, 1.165) is 18.4 Å². The van der Waals surface area contributed by atoms with Crippen molar-refractivity contribution < 1.29 is 9.53 Å². The molecule has 1 unspecified atom stereocenters. The van der Waals surface area contributed by atoms with Crippen LogP contribution in [0.25, 0.3) is 0 Å². The highest BCUT2D eigenvalue weighted by Crippen LogP contribution is 2.36. The number of ether oxygens (including phenoxy) is 1. The zero-order valence-corrected chi connectivity index (χ0v) is 15.3. The number of rotatable bonds is 4. The first-order chi connectivity index (χ1) is 12.0. The summed E-state index contributed by atoms with van der Waals surface area (Å²) >= 11 is 0. The molecule has 132 valence electrons. The summed E-state index contributed by atoms with van der Waals surface area (Å²) in [5.41, 5.74) is 4.20. The van der Waals surface area contributed by atoms with Gasteiger partial charge in [0.2, 0.25) is 5.91 Å². The summed E-state index contributed by atoms with van der Waals surface area (Å²) < 4.78 is 5.54. The lowest BCUT2D eigenvalue weighted by molar-refractivity contribution is -0.131. The molecule has 1 aliphatic rings. The largest absolute Gasteiger partial charge is 0.381 e. The fraction of sp³-hybridized carbons (Fsp3) is 0.409. The van der Waals surface area contributed by atoms with Crippen molar-refractivity contribution in [1.82, 2.24) is 5.32 Å². The molecule has 1 fully saturated rings. The molecule has 1 saturated heterocycles. The van der Waals surface area contributed by atoms with E-state index in [0.29, 0.717) is 13.2 Å². The lowest BCUT2D eigenvalue weighted by Crippen LogP contribution is -2.48. The molecule has 0 aromatic heterocycles. The molecular formula is C22H27NO2. The van der Waals surface area contributed by atoms with Gasteiger partial charge < -0.3 is 10.1 Å². The molecule has 0 spiro atoms. The summed E-state index contributed by atoms with van der Waals surface area (Å²) in [5.74, 6) is 0.107. The van der Waals surface area contributed by atoms with E-state index < -0.39 is 5.41 Å². The van der Waals surface area contributed by atoms with Gasteiger partial charge in [-0.05, 0) is 50.3 Å². The van der Waals surface area contributed by atoms with Gasteiger partial charge in [-0.2, -0.15) is 0 Å². The van der Waals surface area contributed by atoms with Gasteiger partial charge >= 0.3 is 0 Å². The number of nitrogens with one attached hydrogen (secondary N) is 1. The first-order valence-corrected chi connectivity index (χ1v) is 9.04. The second kappa shape index (κ2) is 7.40. The van der Waals surface area contributed by atoms with E-state index in [9.17, 15) is 4.79 Å². The number of carbonyl (C=O) groups is 1. The van der Waals surface area contributed by atoms with Crippen molar-refractivity contribution in [3.05, 3.63) is 70.8 Å². The SMILES string of the molecule is Cc1ccc(C)c(C(C)NC(=O)C2(c3ccccc3)CCOCC2)c1. The number of carbonyl (C=O) groups excluding carboxylic acids is 1. The molecule has 25 heavy (non-hydrogen) atoms. The van der Waals surface area contributed by atoms with Crippen molar-refractivity contribution in [3.63, 3.8) is 0 Å². The summed E-state index contributed by atoms with van der Waals surface area (Å²) in [5, 5.41) is 3.28. The first-order valence-electron chi connectivity index (χ1n) is 9.04. The van der Waals surface area contributed by atoms with Crippen LogP contribution >= 0.6 is 0 Å². The van der Waals surface area contributed by atoms with E-state index in [1.165, 1.54) is 16.7 Å². The molecule has 3 nitrogen and oxygen atoms in total. The van der Waals surface area contributed by atoms with Crippen LogP contribution in [0, 0.1) is 13.8 Å². The fourth-order valence-electron chi connectivity index (χ4n) is 3.76. The standard InChI is InChI=1S/C22H27NO2/c1-16-9-10-17(2)20(15-16)18(3)23-21(24)22(11-13-25-14-12-22)19-7-5-4-6-8-19/h4-10,15,18H,11-14H2,1-3H3,(H,23,24). The van der Waals surface area contributed by atoms with Crippen LogP contribution in [0.4, 0.5) is 0 Å². The maximum atomic E-state index is 13.3. The van der Waals surface area contributed by atoms with Crippen LogP contribution in [0.1, 0.15) is 48.1 Å². The molecule has 1 heterocycles. The molecule has 1 N–H and O–H groups in total. The number of aryl methyl sites for hydroxylation is 2. The van der Waals surface area contributed by atoms with Crippen LogP contribution in [0.5, 0.6) is 0 Å². The van der Waals surface area contributed by atoms with Crippen LogP contribution in [0.2, 0.25) is 0 Å². The van der Waals surface area contributed by atoms with Crippen LogP contribution < -0.4 is 5.32 Å². The highest BCUT2D eigenvalue weighted by atomic mass is 16.5. The summed E-state index contributed by atoms with van der Waals surface area (Å²) in [7, 11) is 0. The Morgan fingerprint density at radius 2 is 1.76 bits per heavy atom. The molecule has 0 saturated carbocycles. The zero-order valence-electron chi connectivity index (χ0n) is 15.3. The Morgan fingerprint density at radius 1 is 1.08 bits per heavy atom. The molecule has 2 aromatic rings. The second-order valence-corrected chi connectivity index (χ2v) is 7.12. The maximum absolute atomic E-state index is 13.3. The van der Waals surface area contributed by atoms with Gasteiger partial charge in [0.25, 0.3) is 0 Å². The van der Waals surface area contributed by atoms with Gasteiger partial charge in [-0.25, -0.2) is 0 Å². The Kier molecular flexibility index (Phi) is 5.24. The quantitative estimate of drug-likeness (QED) is 0.907. The average molecular weight is 337 g/mol. The summed E-state index contributed by atoms with van der Waals surface area (Å²) in [6.07, 6.45) is 1.45. The highest BCUT2D eigenvalue weighted by Gasteiger charge is 2.42. The third-order valence-electron chi connectivity index (χ3n) is 5.36. The molecular weight excluding hydrogens is 310 g/mol. The predicted molar refractivity (Wildman–Crippen MR) is 101 cm³/mol. The summed E-state index contributed by atoms with van der Waals surface area (Å²) in [4.78, 5) is 13.3. The minimum Gasteiger partial charge on any atom is -0.381 e. The van der Waals surface area contributed by atoms with Gasteiger partial charge in [0.1, 0.15) is 0 Å². The van der Waals surface area contributed by atoms with Crippen LogP contribution in [0.3, 0.4) is 0 Å². The van der Waals surface area contributed by atoms with E-state index in [1.807, 2.05) is 18.2 Å². The lowest BCUT2D eigenvalue weighted by atomic mass is 9.73. The Labute approximate surface area is 150 Å². The van der Waals surface area contributed by atoms with E-state index in [-0.39, 0.29) is 11.9 Å². The van der Waals surface area contributed by atoms with Crippen LogP contribution in [0.15, 0.2) is 48.5 Å². The predicted octanol–water partition coefficient (Wildman–Crippen LogP) is 4.23. The van der Waals surface area contributed by atoms with E-state index in [2.05, 4.69) is 56.4 Å². The Bertz CT molecular complexity index is 733. The molecule has 0 bridgehead atoms. The molecule has 1 atom stereocenters. The normalized spacial score (nSPS) is 17.7. The smallest absolute Gasteiger partial charge is 0.231 e. The van der Waals surface area contributed by atoms with Gasteiger partial charge in [-0.3, -0.25) is 4.79 Å². The molecule has 3 rings (SSSR count). The number of hydrogen-bond acceptors (Lipinski definition) is 2. The second-order valence-electron chi connectivity index (χ2n) is 7.12. The Balaban J connectivity index is 1.87. The van der Waals surface area contributed by atoms with Crippen molar-refractivity contribution in [3.8, 4) is 0 Å². The molecule has 0 radical (unpaired) electrons. The van der Waals surface area contributed by atoms with Gasteiger partial charge in [0.05, 0.1) is 11.5 Å². The van der Waals surface area contributed by atoms with E-state index in [4.69, 9.17) is 4.74 Å². The summed E-state index contributed by atoms with van der Waals surface area (Å²) in [6.45, 7) is 7.50. The van der Waals surface area contributed by atoms with Crippen molar-refractivity contribution in [2.75, 3.05) is 13.2 Å². The molecule has 0 aliphatic carbocycles. The zero-order chi connectivity index (χ0) is 17.9. The molecule has 3 heteroatoms. The Morgan fingerprint density at radius 3 is 2.44 bits per heavy atom. The fourth-order valence-corrected chi connectivity index (χ4v) is 3.76. The van der Waals surface area contributed by atoms with Gasteiger partial charge in [0, 0.05) is 13.2 Å². The number of benzene rings is 2. The lowest BCUT2D eigenvalue weighted by Gasteiger charge is -2.37. The third-order valence-corrected chi connectivity index (χ3v) is 5.36. The molecule has 1 amide bonds. The van der Waals surface area contributed by atoms with Crippen LogP contribution in [-0.2, 0) is 14.9 Å².